The molecule has 0 bridgehead atoms. The molecule has 104 valence electrons. The highest BCUT2D eigenvalue weighted by atomic mass is 16.5. The van der Waals surface area contributed by atoms with E-state index >= 15 is 0 Å². The topological polar surface area (TPSA) is 83.8 Å². The number of carboxylic acid groups (broad SMARTS) is 2. The van der Waals surface area contributed by atoms with Crippen LogP contribution in [0, 0.1) is 0 Å². The van der Waals surface area contributed by atoms with Crippen LogP contribution in [0.15, 0.2) is 60.4 Å². The summed E-state index contributed by atoms with van der Waals surface area (Å²) in [7, 11) is 0. The van der Waals surface area contributed by atoms with Crippen LogP contribution in [0.1, 0.15) is 17.3 Å². The Balaban J connectivity index is 2.69. The zero-order valence-corrected chi connectivity index (χ0v) is 10.9. The molecule has 5 nitrogen and oxygen atoms in total. The summed E-state index contributed by atoms with van der Waals surface area (Å²) < 4.78 is 5.33. The molecule has 0 fully saturated rings. The molecule has 1 aromatic rings. The van der Waals surface area contributed by atoms with Crippen molar-refractivity contribution in [2.45, 2.75) is 6.92 Å². The molecule has 20 heavy (non-hydrogen) atoms. The van der Waals surface area contributed by atoms with Gasteiger partial charge in [-0.3, -0.25) is 0 Å². The highest BCUT2D eigenvalue weighted by Crippen LogP contribution is 2.15. The third-order valence-electron chi connectivity index (χ3n) is 2.36. The fourth-order valence-electron chi connectivity index (χ4n) is 1.32. The Morgan fingerprint density at radius 1 is 1.15 bits per heavy atom. The summed E-state index contributed by atoms with van der Waals surface area (Å²) in [6.07, 6.45) is 4.25. The van der Waals surface area contributed by atoms with Gasteiger partial charge in [0.05, 0.1) is 11.1 Å². The number of carbonyl (C=O) groups is 2. The van der Waals surface area contributed by atoms with Crippen molar-refractivity contribution < 1.29 is 24.5 Å². The normalized spacial score (nSPS) is 11.3. The summed E-state index contributed by atoms with van der Waals surface area (Å²) in [6, 6.07) is 5.80. The van der Waals surface area contributed by atoms with E-state index in [0.29, 0.717) is 5.75 Å². The minimum absolute atomic E-state index is 0.121. The number of aliphatic carboxylic acids is 1. The summed E-state index contributed by atoms with van der Waals surface area (Å²) in [5, 5.41) is 17.6. The molecule has 0 aliphatic heterocycles. The summed E-state index contributed by atoms with van der Waals surface area (Å²) in [5.41, 5.74) is 0.275. The van der Waals surface area contributed by atoms with E-state index in [0.717, 1.165) is 0 Å². The molecular weight excluding hydrogens is 260 g/mol. The number of rotatable bonds is 6. The average Bonchev–Trinajstić information content (AvgIpc) is 2.39. The lowest BCUT2D eigenvalue weighted by Crippen LogP contribution is -1.98. The lowest BCUT2D eigenvalue weighted by Gasteiger charge is -2.05. The van der Waals surface area contributed by atoms with E-state index in [1.807, 2.05) is 0 Å². The van der Waals surface area contributed by atoms with E-state index in [4.69, 9.17) is 14.9 Å². The Morgan fingerprint density at radius 2 is 1.75 bits per heavy atom. The summed E-state index contributed by atoms with van der Waals surface area (Å²) in [5.74, 6) is -1.40. The van der Waals surface area contributed by atoms with E-state index in [-0.39, 0.29) is 16.9 Å². The molecule has 0 amide bonds. The number of ether oxygens (including phenoxy) is 1. The van der Waals surface area contributed by atoms with Crippen LogP contribution in [0.25, 0.3) is 0 Å². The van der Waals surface area contributed by atoms with Crippen LogP contribution in [0.4, 0.5) is 0 Å². The quantitative estimate of drug-likeness (QED) is 0.473. The molecule has 0 atom stereocenters. The second-order valence-electron chi connectivity index (χ2n) is 3.78. The number of hydrogen-bond acceptors (Lipinski definition) is 3. The van der Waals surface area contributed by atoms with Crippen molar-refractivity contribution >= 4 is 11.9 Å². The van der Waals surface area contributed by atoms with Crippen molar-refractivity contribution in [2.24, 2.45) is 0 Å². The number of benzene rings is 1. The van der Waals surface area contributed by atoms with Crippen molar-refractivity contribution in [1.29, 1.82) is 0 Å². The average molecular weight is 274 g/mol. The maximum absolute atomic E-state index is 10.8. The standard InChI is InChI=1S/C15H14O5/c1-3-11(14(16)17)5-4-10(2)20-13-8-6-12(7-9-13)15(18)19/h3-9H,2H2,1H3,(H,16,17)(H,18,19)/b5-4-,11-3+. The molecule has 0 unspecified atom stereocenters. The summed E-state index contributed by atoms with van der Waals surface area (Å²) >= 11 is 0. The van der Waals surface area contributed by atoms with Crippen LogP contribution in [0.2, 0.25) is 0 Å². The Labute approximate surface area is 116 Å². The van der Waals surface area contributed by atoms with Crippen LogP contribution < -0.4 is 4.74 Å². The van der Waals surface area contributed by atoms with E-state index in [2.05, 4.69) is 6.58 Å². The Bertz CT molecular complexity index is 579. The first-order valence-corrected chi connectivity index (χ1v) is 5.72. The van der Waals surface area contributed by atoms with Crippen LogP contribution in [-0.2, 0) is 4.79 Å². The van der Waals surface area contributed by atoms with Crippen LogP contribution in [-0.4, -0.2) is 22.2 Å². The number of allylic oxidation sites excluding steroid dienone is 2. The first kappa shape index (κ1) is 15.2. The van der Waals surface area contributed by atoms with Crippen molar-refractivity contribution in [2.75, 3.05) is 0 Å². The lowest BCUT2D eigenvalue weighted by molar-refractivity contribution is -0.132. The minimum atomic E-state index is -1.04. The van der Waals surface area contributed by atoms with Gasteiger partial charge in [-0.15, -0.1) is 0 Å². The maximum atomic E-state index is 10.8. The SMILES string of the molecule is C=C(/C=C\C(=C/C)C(=O)O)Oc1ccc(C(=O)O)cc1. The molecule has 0 saturated carbocycles. The van der Waals surface area contributed by atoms with Gasteiger partial charge in [-0.2, -0.15) is 0 Å². The molecule has 0 radical (unpaired) electrons. The Kier molecular flexibility index (Phi) is 5.29. The van der Waals surface area contributed by atoms with E-state index in [1.165, 1.54) is 42.5 Å². The second-order valence-corrected chi connectivity index (χ2v) is 3.78. The molecule has 0 aliphatic rings. The predicted molar refractivity (Wildman–Crippen MR) is 73.7 cm³/mol. The van der Waals surface area contributed by atoms with Gasteiger partial charge in [-0.1, -0.05) is 12.7 Å². The van der Waals surface area contributed by atoms with Gasteiger partial charge in [0.25, 0.3) is 0 Å². The molecular formula is C15H14O5. The van der Waals surface area contributed by atoms with Crippen molar-refractivity contribution in [1.82, 2.24) is 0 Å². The van der Waals surface area contributed by atoms with E-state index in [1.54, 1.807) is 6.92 Å². The molecule has 1 rings (SSSR count). The molecule has 0 aromatic heterocycles. The Hall–Kier alpha value is -2.82. The molecule has 2 N–H and O–H groups in total. The lowest BCUT2D eigenvalue weighted by atomic mass is 10.2. The first-order valence-electron chi connectivity index (χ1n) is 5.72. The van der Waals surface area contributed by atoms with Gasteiger partial charge in [-0.25, -0.2) is 9.59 Å². The molecule has 5 heteroatoms. The second kappa shape index (κ2) is 6.94. The fraction of sp³-hybridized carbons (Fsp3) is 0.0667. The number of aromatic carboxylic acids is 1. The van der Waals surface area contributed by atoms with Gasteiger partial charge in [0, 0.05) is 0 Å². The zero-order chi connectivity index (χ0) is 15.1. The number of hydrogen-bond donors (Lipinski definition) is 2. The molecule has 0 saturated heterocycles. The molecule has 0 heterocycles. The molecule has 1 aromatic carbocycles. The van der Waals surface area contributed by atoms with Gasteiger partial charge in [0.1, 0.15) is 11.5 Å². The highest BCUT2D eigenvalue weighted by molar-refractivity contribution is 5.89. The first-order chi connectivity index (χ1) is 9.43. The van der Waals surface area contributed by atoms with Gasteiger partial charge in [0.2, 0.25) is 0 Å². The molecule has 0 spiro atoms. The predicted octanol–water partition coefficient (Wildman–Crippen LogP) is 2.86. The molecule has 0 aliphatic carbocycles. The minimum Gasteiger partial charge on any atom is -0.478 e. The van der Waals surface area contributed by atoms with Gasteiger partial charge >= 0.3 is 11.9 Å². The van der Waals surface area contributed by atoms with Gasteiger partial charge in [-0.05, 0) is 43.3 Å². The smallest absolute Gasteiger partial charge is 0.335 e. The van der Waals surface area contributed by atoms with Crippen molar-refractivity contribution in [3.8, 4) is 5.75 Å². The van der Waals surface area contributed by atoms with Gasteiger partial charge in [0.15, 0.2) is 0 Å². The zero-order valence-electron chi connectivity index (χ0n) is 10.9. The maximum Gasteiger partial charge on any atom is 0.335 e. The summed E-state index contributed by atoms with van der Waals surface area (Å²) in [6.45, 7) is 5.24. The van der Waals surface area contributed by atoms with Crippen LogP contribution >= 0.6 is 0 Å². The monoisotopic (exact) mass is 274 g/mol. The third kappa shape index (κ3) is 4.45. The van der Waals surface area contributed by atoms with Crippen LogP contribution in [0.3, 0.4) is 0 Å². The van der Waals surface area contributed by atoms with E-state index in [9.17, 15) is 9.59 Å². The highest BCUT2D eigenvalue weighted by Gasteiger charge is 2.03. The van der Waals surface area contributed by atoms with E-state index < -0.39 is 11.9 Å². The van der Waals surface area contributed by atoms with Crippen molar-refractivity contribution in [3.63, 3.8) is 0 Å². The largest absolute Gasteiger partial charge is 0.478 e. The van der Waals surface area contributed by atoms with Crippen molar-refractivity contribution in [3.05, 3.63) is 66.0 Å². The van der Waals surface area contributed by atoms with Gasteiger partial charge < -0.3 is 14.9 Å². The summed E-state index contributed by atoms with van der Waals surface area (Å²) in [4.78, 5) is 21.4. The third-order valence-corrected chi connectivity index (χ3v) is 2.36. The fourth-order valence-corrected chi connectivity index (χ4v) is 1.32. The number of carboxylic acids is 2. The Morgan fingerprint density at radius 3 is 2.20 bits per heavy atom. The van der Waals surface area contributed by atoms with Crippen LogP contribution in [0.5, 0.6) is 5.75 Å².